The lowest BCUT2D eigenvalue weighted by molar-refractivity contribution is 0.0946. The fraction of sp³-hybridized carbons (Fsp3) is 0.250. The number of rotatable bonds is 4. The summed E-state index contributed by atoms with van der Waals surface area (Å²) in [6, 6.07) is 9.54. The Balaban J connectivity index is 1.69. The van der Waals surface area contributed by atoms with E-state index in [2.05, 4.69) is 20.4 Å². The Labute approximate surface area is 156 Å². The van der Waals surface area contributed by atoms with Gasteiger partial charge in [-0.25, -0.2) is 0 Å². The van der Waals surface area contributed by atoms with E-state index in [4.69, 9.17) is 9.26 Å². The van der Waals surface area contributed by atoms with E-state index in [9.17, 15) is 4.79 Å². The second-order valence-corrected chi connectivity index (χ2v) is 6.49. The van der Waals surface area contributed by atoms with E-state index in [1.54, 1.807) is 18.5 Å². The smallest absolute Gasteiger partial charge is 0.255 e. The molecule has 7 heteroatoms. The molecule has 0 atom stereocenters. The Kier molecular flexibility index (Phi) is 4.50. The Bertz CT molecular complexity index is 969. The van der Waals surface area contributed by atoms with E-state index < -0.39 is 0 Å². The molecule has 2 aromatic heterocycles. The number of benzene rings is 1. The van der Waals surface area contributed by atoms with Crippen LogP contribution in [0.3, 0.4) is 0 Å². The van der Waals surface area contributed by atoms with Crippen LogP contribution in [0.4, 0.5) is 5.69 Å². The molecule has 4 rings (SSSR count). The first-order valence-corrected chi connectivity index (χ1v) is 8.74. The summed E-state index contributed by atoms with van der Waals surface area (Å²) >= 11 is 0. The van der Waals surface area contributed by atoms with Gasteiger partial charge in [-0.1, -0.05) is 5.16 Å². The van der Waals surface area contributed by atoms with Crippen LogP contribution in [0.15, 0.2) is 47.2 Å². The number of hydrogen-bond donors (Lipinski definition) is 1. The molecule has 1 aromatic carbocycles. The van der Waals surface area contributed by atoms with Crippen molar-refractivity contribution in [3.05, 3.63) is 59.7 Å². The highest BCUT2D eigenvalue weighted by Crippen LogP contribution is 2.38. The summed E-state index contributed by atoms with van der Waals surface area (Å²) < 4.78 is 10.9. The lowest BCUT2D eigenvalue weighted by atomic mass is 10.0. The molecule has 0 spiro atoms. The number of aromatic nitrogens is 2. The van der Waals surface area contributed by atoms with E-state index in [-0.39, 0.29) is 5.91 Å². The molecule has 138 valence electrons. The summed E-state index contributed by atoms with van der Waals surface area (Å²) in [4.78, 5) is 19.1. The van der Waals surface area contributed by atoms with E-state index >= 15 is 0 Å². The second-order valence-electron chi connectivity index (χ2n) is 6.49. The number of amides is 1. The van der Waals surface area contributed by atoms with Gasteiger partial charge in [0.25, 0.3) is 5.91 Å². The molecule has 27 heavy (non-hydrogen) atoms. The number of fused-ring (bicyclic) bond motifs is 1. The number of pyridine rings is 1. The van der Waals surface area contributed by atoms with Crippen LogP contribution in [0.2, 0.25) is 0 Å². The summed E-state index contributed by atoms with van der Waals surface area (Å²) in [6.45, 7) is 3.42. The van der Waals surface area contributed by atoms with Crippen molar-refractivity contribution in [2.24, 2.45) is 0 Å². The van der Waals surface area contributed by atoms with Gasteiger partial charge >= 0.3 is 0 Å². The Morgan fingerprint density at radius 3 is 2.78 bits per heavy atom. The van der Waals surface area contributed by atoms with Crippen LogP contribution in [0.1, 0.15) is 21.8 Å². The maximum atomic E-state index is 12.9. The van der Waals surface area contributed by atoms with E-state index in [0.717, 1.165) is 23.4 Å². The van der Waals surface area contributed by atoms with Gasteiger partial charge in [0.05, 0.1) is 24.3 Å². The molecule has 0 unspecified atom stereocenters. The average molecular weight is 364 g/mol. The van der Waals surface area contributed by atoms with E-state index in [0.29, 0.717) is 35.9 Å². The average Bonchev–Trinajstić information content (AvgIpc) is 3.12. The zero-order chi connectivity index (χ0) is 18.8. The minimum Gasteiger partial charge on any atom is -0.489 e. The SMILES string of the molecule is Cc1cc(CNC(=O)c2cc(-c3ccncc3)cc3c2OCCN3C)no1. The molecule has 0 fully saturated rings. The summed E-state index contributed by atoms with van der Waals surface area (Å²) in [6.07, 6.45) is 3.48. The zero-order valence-corrected chi connectivity index (χ0v) is 15.2. The fourth-order valence-corrected chi connectivity index (χ4v) is 3.10. The van der Waals surface area contributed by atoms with Crippen LogP contribution in [-0.4, -0.2) is 36.2 Å². The van der Waals surface area contributed by atoms with Crippen LogP contribution in [0.5, 0.6) is 5.75 Å². The lowest BCUT2D eigenvalue weighted by Crippen LogP contribution is -2.31. The molecule has 0 saturated carbocycles. The van der Waals surface area contributed by atoms with Crippen molar-refractivity contribution >= 4 is 11.6 Å². The molecular formula is C20H20N4O3. The predicted molar refractivity (Wildman–Crippen MR) is 101 cm³/mol. The number of nitrogens with one attached hydrogen (secondary N) is 1. The second kappa shape index (κ2) is 7.11. The summed E-state index contributed by atoms with van der Waals surface area (Å²) in [5, 5.41) is 6.81. The summed E-state index contributed by atoms with van der Waals surface area (Å²) in [7, 11) is 2.00. The van der Waals surface area contributed by atoms with Crippen LogP contribution in [-0.2, 0) is 6.54 Å². The maximum absolute atomic E-state index is 12.9. The van der Waals surface area contributed by atoms with Gasteiger partial charge in [-0.2, -0.15) is 0 Å². The minimum atomic E-state index is -0.210. The Morgan fingerprint density at radius 2 is 2.04 bits per heavy atom. The van der Waals surface area contributed by atoms with Crippen LogP contribution < -0.4 is 15.0 Å². The van der Waals surface area contributed by atoms with Crippen LogP contribution in [0, 0.1) is 6.92 Å². The first-order valence-electron chi connectivity index (χ1n) is 8.74. The fourth-order valence-electron chi connectivity index (χ4n) is 3.10. The molecule has 3 heterocycles. The molecule has 1 aliphatic rings. The van der Waals surface area contributed by atoms with Crippen LogP contribution >= 0.6 is 0 Å². The molecule has 0 bridgehead atoms. The van der Waals surface area contributed by atoms with Crippen molar-refractivity contribution in [1.82, 2.24) is 15.5 Å². The molecule has 1 aliphatic heterocycles. The Hall–Kier alpha value is -3.35. The third-order valence-corrected chi connectivity index (χ3v) is 4.52. The van der Waals surface area contributed by atoms with Gasteiger partial charge in [-0.15, -0.1) is 0 Å². The standard InChI is InChI=1S/C20H20N4O3/c1-13-9-16(23-27-13)12-22-20(25)17-10-15(14-3-5-21-6-4-14)11-18-19(17)26-8-7-24(18)2/h3-6,9-11H,7-8,12H2,1-2H3,(H,22,25). The molecule has 3 aromatic rings. The number of aryl methyl sites for hydroxylation is 1. The summed E-state index contributed by atoms with van der Waals surface area (Å²) in [5.74, 6) is 1.11. The number of hydrogen-bond acceptors (Lipinski definition) is 6. The molecule has 1 N–H and O–H groups in total. The predicted octanol–water partition coefficient (Wildman–Crippen LogP) is 2.80. The summed E-state index contributed by atoms with van der Waals surface area (Å²) in [5.41, 5.74) is 4.02. The number of likely N-dealkylation sites (N-methyl/N-ethyl adjacent to an activating group) is 1. The topological polar surface area (TPSA) is 80.5 Å². The van der Waals surface area contributed by atoms with Crippen molar-refractivity contribution in [3.63, 3.8) is 0 Å². The molecular weight excluding hydrogens is 344 g/mol. The van der Waals surface area contributed by atoms with Gasteiger partial charge in [-0.05, 0) is 42.3 Å². The van der Waals surface area contributed by atoms with Crippen molar-refractivity contribution < 1.29 is 14.1 Å². The van der Waals surface area contributed by atoms with Crippen molar-refractivity contribution in [2.75, 3.05) is 25.1 Å². The normalized spacial score (nSPS) is 13.0. The molecule has 0 aliphatic carbocycles. The molecule has 7 nitrogen and oxygen atoms in total. The highest BCUT2D eigenvalue weighted by atomic mass is 16.5. The third-order valence-electron chi connectivity index (χ3n) is 4.52. The van der Waals surface area contributed by atoms with Gasteiger partial charge < -0.3 is 19.5 Å². The van der Waals surface area contributed by atoms with Gasteiger partial charge in [0.2, 0.25) is 0 Å². The molecule has 1 amide bonds. The quantitative estimate of drug-likeness (QED) is 0.767. The van der Waals surface area contributed by atoms with Gasteiger partial charge in [0.1, 0.15) is 18.1 Å². The highest BCUT2D eigenvalue weighted by molar-refractivity contribution is 6.00. The number of nitrogens with zero attached hydrogens (tertiary/aromatic N) is 3. The largest absolute Gasteiger partial charge is 0.489 e. The lowest BCUT2D eigenvalue weighted by Gasteiger charge is -2.29. The van der Waals surface area contributed by atoms with Gasteiger partial charge in [0.15, 0.2) is 5.75 Å². The van der Waals surface area contributed by atoms with E-state index in [1.807, 2.05) is 38.2 Å². The molecule has 0 saturated heterocycles. The van der Waals surface area contributed by atoms with Crippen molar-refractivity contribution in [1.29, 1.82) is 0 Å². The van der Waals surface area contributed by atoms with Crippen molar-refractivity contribution in [2.45, 2.75) is 13.5 Å². The first kappa shape index (κ1) is 17.1. The molecule has 0 radical (unpaired) electrons. The van der Waals surface area contributed by atoms with E-state index in [1.165, 1.54) is 0 Å². The third kappa shape index (κ3) is 3.48. The number of carbonyl (C=O) groups is 1. The van der Waals surface area contributed by atoms with Gasteiger partial charge in [-0.3, -0.25) is 9.78 Å². The van der Waals surface area contributed by atoms with Gasteiger partial charge in [0, 0.05) is 25.5 Å². The maximum Gasteiger partial charge on any atom is 0.255 e. The monoisotopic (exact) mass is 364 g/mol. The number of carbonyl (C=O) groups excluding carboxylic acids is 1. The van der Waals surface area contributed by atoms with Crippen molar-refractivity contribution in [3.8, 4) is 16.9 Å². The first-order chi connectivity index (χ1) is 13.1. The number of ether oxygens (including phenoxy) is 1. The Morgan fingerprint density at radius 1 is 1.22 bits per heavy atom. The zero-order valence-electron chi connectivity index (χ0n) is 15.2. The number of anilines is 1. The highest BCUT2D eigenvalue weighted by Gasteiger charge is 2.24. The van der Waals surface area contributed by atoms with Crippen LogP contribution in [0.25, 0.3) is 11.1 Å². The minimum absolute atomic E-state index is 0.210.